The molecule has 0 saturated carbocycles. The summed E-state index contributed by atoms with van der Waals surface area (Å²) >= 11 is 1.87. The number of hydrogen-bond donors (Lipinski definition) is 2. The number of tetrazole rings is 1. The molecule has 6 nitrogen and oxygen atoms in total. The first-order chi connectivity index (χ1) is 9.34. The minimum Gasteiger partial charge on any atom is -0.348 e. The molecule has 1 aromatic heterocycles. The van der Waals surface area contributed by atoms with Gasteiger partial charge in [-0.05, 0) is 23.5 Å². The van der Waals surface area contributed by atoms with Gasteiger partial charge in [-0.2, -0.15) is 17.0 Å². The highest BCUT2D eigenvalue weighted by molar-refractivity contribution is 7.99. The van der Waals surface area contributed by atoms with E-state index in [0.717, 1.165) is 17.9 Å². The summed E-state index contributed by atoms with van der Waals surface area (Å²) in [4.78, 5) is 12.3. The van der Waals surface area contributed by atoms with Gasteiger partial charge in [-0.1, -0.05) is 18.2 Å². The van der Waals surface area contributed by atoms with Crippen molar-refractivity contribution in [3.8, 4) is 11.4 Å². The number of aromatic nitrogens is 4. The van der Waals surface area contributed by atoms with E-state index >= 15 is 0 Å². The van der Waals surface area contributed by atoms with Crippen LogP contribution in [0.25, 0.3) is 11.4 Å². The minimum absolute atomic E-state index is 0.0760. The zero-order valence-electron chi connectivity index (χ0n) is 10.2. The Labute approximate surface area is 114 Å². The lowest BCUT2D eigenvalue weighted by atomic mass is 10.1. The maximum absolute atomic E-state index is 12.3. The van der Waals surface area contributed by atoms with Gasteiger partial charge in [-0.25, -0.2) is 0 Å². The lowest BCUT2D eigenvalue weighted by Crippen LogP contribution is -2.34. The molecule has 3 rings (SSSR count). The summed E-state index contributed by atoms with van der Waals surface area (Å²) in [5, 5.41) is 16.8. The molecule has 0 bridgehead atoms. The summed E-state index contributed by atoms with van der Waals surface area (Å²) in [7, 11) is 0. The monoisotopic (exact) mass is 275 g/mol. The van der Waals surface area contributed by atoms with E-state index in [9.17, 15) is 4.79 Å². The molecule has 1 saturated heterocycles. The average molecular weight is 275 g/mol. The van der Waals surface area contributed by atoms with Crippen molar-refractivity contribution in [3.63, 3.8) is 0 Å². The molecule has 2 N–H and O–H groups in total. The van der Waals surface area contributed by atoms with E-state index < -0.39 is 0 Å². The molecule has 2 heterocycles. The molecule has 2 aromatic rings. The predicted molar refractivity (Wildman–Crippen MR) is 72.8 cm³/mol. The standard InChI is InChI=1S/C12H13N5OS/c18-12(13-8-5-6-19-7-8)10-4-2-1-3-9(10)11-14-16-17-15-11/h1-4,8H,5-7H2,(H,13,18)(H,14,15,16,17)/t8-/m0/s1. The van der Waals surface area contributed by atoms with Gasteiger partial charge < -0.3 is 5.32 Å². The van der Waals surface area contributed by atoms with Crippen molar-refractivity contribution in [2.75, 3.05) is 11.5 Å². The van der Waals surface area contributed by atoms with E-state index in [2.05, 4.69) is 25.9 Å². The Hall–Kier alpha value is -1.89. The van der Waals surface area contributed by atoms with Crippen molar-refractivity contribution < 1.29 is 4.79 Å². The normalized spacial score (nSPS) is 18.4. The SMILES string of the molecule is O=C(N[C@H]1CCSC1)c1ccccc1-c1nn[nH]n1. The Morgan fingerprint density at radius 1 is 1.42 bits per heavy atom. The van der Waals surface area contributed by atoms with Crippen LogP contribution in [0, 0.1) is 0 Å². The zero-order valence-corrected chi connectivity index (χ0v) is 11.0. The van der Waals surface area contributed by atoms with E-state index in [0.29, 0.717) is 17.0 Å². The molecule has 7 heteroatoms. The van der Waals surface area contributed by atoms with Crippen LogP contribution in [-0.4, -0.2) is 44.1 Å². The number of rotatable bonds is 3. The van der Waals surface area contributed by atoms with Gasteiger partial charge in [-0.15, -0.1) is 10.2 Å². The van der Waals surface area contributed by atoms with Gasteiger partial charge in [0.2, 0.25) is 5.82 Å². The van der Waals surface area contributed by atoms with E-state index in [1.54, 1.807) is 6.07 Å². The first-order valence-electron chi connectivity index (χ1n) is 6.06. The topological polar surface area (TPSA) is 83.6 Å². The van der Waals surface area contributed by atoms with Crippen LogP contribution in [0.4, 0.5) is 0 Å². The second-order valence-electron chi connectivity index (χ2n) is 4.31. The fraction of sp³-hybridized carbons (Fsp3) is 0.333. The van der Waals surface area contributed by atoms with E-state index in [4.69, 9.17) is 0 Å². The van der Waals surface area contributed by atoms with Crippen molar-refractivity contribution in [2.24, 2.45) is 0 Å². The van der Waals surface area contributed by atoms with Crippen LogP contribution in [0.15, 0.2) is 24.3 Å². The Morgan fingerprint density at radius 3 is 3.05 bits per heavy atom. The number of carbonyl (C=O) groups excluding carboxylic acids is 1. The molecule has 1 fully saturated rings. The zero-order chi connectivity index (χ0) is 13.1. The first kappa shape index (κ1) is 12.2. The van der Waals surface area contributed by atoms with Crippen LogP contribution in [0.5, 0.6) is 0 Å². The van der Waals surface area contributed by atoms with E-state index in [1.807, 2.05) is 30.0 Å². The number of nitrogens with one attached hydrogen (secondary N) is 2. The van der Waals surface area contributed by atoms with Crippen LogP contribution in [-0.2, 0) is 0 Å². The molecule has 1 amide bonds. The smallest absolute Gasteiger partial charge is 0.252 e. The number of amides is 1. The van der Waals surface area contributed by atoms with Crippen molar-refractivity contribution in [1.82, 2.24) is 25.9 Å². The molecule has 0 spiro atoms. The van der Waals surface area contributed by atoms with Gasteiger partial charge in [0.1, 0.15) is 0 Å². The Bertz CT molecular complexity index is 565. The third-order valence-electron chi connectivity index (χ3n) is 3.02. The Kier molecular flexibility index (Phi) is 3.45. The van der Waals surface area contributed by atoms with Crippen molar-refractivity contribution in [1.29, 1.82) is 0 Å². The van der Waals surface area contributed by atoms with Gasteiger partial charge in [-0.3, -0.25) is 4.79 Å². The quantitative estimate of drug-likeness (QED) is 0.876. The molecular weight excluding hydrogens is 262 g/mol. The molecule has 0 unspecified atom stereocenters. The molecule has 19 heavy (non-hydrogen) atoms. The van der Waals surface area contributed by atoms with Gasteiger partial charge in [0.25, 0.3) is 5.91 Å². The third-order valence-corrected chi connectivity index (χ3v) is 4.19. The highest BCUT2D eigenvalue weighted by atomic mass is 32.2. The van der Waals surface area contributed by atoms with Crippen LogP contribution in [0.1, 0.15) is 16.8 Å². The maximum Gasteiger partial charge on any atom is 0.252 e. The summed E-state index contributed by atoms with van der Waals surface area (Å²) in [6, 6.07) is 7.55. The summed E-state index contributed by atoms with van der Waals surface area (Å²) in [6.07, 6.45) is 1.03. The number of carbonyl (C=O) groups is 1. The van der Waals surface area contributed by atoms with Crippen molar-refractivity contribution >= 4 is 17.7 Å². The van der Waals surface area contributed by atoms with Crippen LogP contribution in [0.2, 0.25) is 0 Å². The van der Waals surface area contributed by atoms with Gasteiger partial charge in [0.15, 0.2) is 0 Å². The van der Waals surface area contributed by atoms with E-state index in [1.165, 1.54) is 0 Å². The summed E-state index contributed by atoms with van der Waals surface area (Å²) in [6.45, 7) is 0. The third kappa shape index (κ3) is 2.60. The summed E-state index contributed by atoms with van der Waals surface area (Å²) < 4.78 is 0. The largest absolute Gasteiger partial charge is 0.348 e. The van der Waals surface area contributed by atoms with Gasteiger partial charge >= 0.3 is 0 Å². The highest BCUT2D eigenvalue weighted by Gasteiger charge is 2.21. The molecule has 1 aliphatic heterocycles. The van der Waals surface area contributed by atoms with Gasteiger partial charge in [0, 0.05) is 17.4 Å². The Balaban J connectivity index is 1.85. The number of H-pyrrole nitrogens is 1. The molecule has 1 aromatic carbocycles. The molecule has 1 aliphatic rings. The summed E-state index contributed by atoms with van der Waals surface area (Å²) in [5.41, 5.74) is 1.28. The lowest BCUT2D eigenvalue weighted by molar-refractivity contribution is 0.0942. The molecule has 0 radical (unpaired) electrons. The van der Waals surface area contributed by atoms with Crippen LogP contribution < -0.4 is 5.32 Å². The van der Waals surface area contributed by atoms with Crippen LogP contribution in [0.3, 0.4) is 0 Å². The van der Waals surface area contributed by atoms with Crippen LogP contribution >= 0.6 is 11.8 Å². The first-order valence-corrected chi connectivity index (χ1v) is 7.21. The predicted octanol–water partition coefficient (Wildman–Crippen LogP) is 1.10. The number of aromatic amines is 1. The second kappa shape index (κ2) is 5.40. The fourth-order valence-corrected chi connectivity index (χ4v) is 3.22. The Morgan fingerprint density at radius 2 is 2.32 bits per heavy atom. The number of hydrogen-bond acceptors (Lipinski definition) is 5. The molecular formula is C12H13N5OS. The number of benzene rings is 1. The second-order valence-corrected chi connectivity index (χ2v) is 5.46. The molecule has 0 aliphatic carbocycles. The molecule has 1 atom stereocenters. The van der Waals surface area contributed by atoms with E-state index in [-0.39, 0.29) is 11.9 Å². The molecule has 98 valence electrons. The fourth-order valence-electron chi connectivity index (χ4n) is 2.06. The van der Waals surface area contributed by atoms with Gasteiger partial charge in [0.05, 0.1) is 5.56 Å². The average Bonchev–Trinajstić information content (AvgIpc) is 3.11. The summed E-state index contributed by atoms with van der Waals surface area (Å²) in [5.74, 6) is 2.45. The minimum atomic E-state index is -0.0760. The highest BCUT2D eigenvalue weighted by Crippen LogP contribution is 2.21. The lowest BCUT2D eigenvalue weighted by Gasteiger charge is -2.12. The maximum atomic E-state index is 12.3. The number of thioether (sulfide) groups is 1. The number of nitrogens with zero attached hydrogens (tertiary/aromatic N) is 3. The van der Waals surface area contributed by atoms with Crippen molar-refractivity contribution in [3.05, 3.63) is 29.8 Å². The van der Waals surface area contributed by atoms with Crippen molar-refractivity contribution in [2.45, 2.75) is 12.5 Å².